The minimum atomic E-state index is -2.65. The Kier molecular flexibility index (Phi) is 12.2. The number of aliphatic hydroxyl groups is 2. The monoisotopic (exact) mass is 858 g/mol. The number of ketones is 2. The number of hydrogen-bond donors (Lipinski definition) is 2. The number of aliphatic hydroxyl groups excluding tert-OH is 1. The van der Waals surface area contributed by atoms with Crippen LogP contribution in [0.2, 0.25) is 18.1 Å². The van der Waals surface area contributed by atoms with Crippen LogP contribution in [0.5, 0.6) is 0 Å². The maximum Gasteiger partial charge on any atom is 0.338 e. The average molecular weight is 860 g/mol. The van der Waals surface area contributed by atoms with E-state index in [2.05, 4.69) is 49.8 Å². The summed E-state index contributed by atoms with van der Waals surface area (Å²) >= 11 is 3.60. The fourth-order valence-electron chi connectivity index (χ4n) is 8.91. The summed E-state index contributed by atoms with van der Waals surface area (Å²) in [5.74, 6) is -4.80. The molecule has 2 bridgehead atoms. The number of rotatable bonds is 11. The zero-order chi connectivity index (χ0) is 41.8. The van der Waals surface area contributed by atoms with Crippen molar-refractivity contribution in [1.82, 2.24) is 0 Å². The molecule has 56 heavy (non-hydrogen) atoms. The largest absolute Gasteiger partial charge is 0.466 e. The normalized spacial score (nSPS) is 34.4. The highest BCUT2D eigenvalue weighted by atomic mass is 79.9. The lowest BCUT2D eigenvalue weighted by Crippen LogP contribution is -2.78. The fourth-order valence-corrected chi connectivity index (χ4v) is 11.6. The van der Waals surface area contributed by atoms with E-state index in [9.17, 15) is 29.4 Å². The van der Waals surface area contributed by atoms with E-state index >= 15 is 4.79 Å². The first kappa shape index (κ1) is 44.0. The number of epoxide rings is 1. The molecule has 14 heteroatoms. The van der Waals surface area contributed by atoms with Crippen molar-refractivity contribution >= 4 is 54.0 Å². The molecule has 1 saturated heterocycles. The summed E-state index contributed by atoms with van der Waals surface area (Å²) in [5, 5.41) is 25.8. The summed E-state index contributed by atoms with van der Waals surface area (Å²) in [7, 11) is -1.44. The maximum atomic E-state index is 16.1. The third-order valence-corrected chi connectivity index (χ3v) is 18.7. The Hall–Kier alpha value is -3.11. The smallest absolute Gasteiger partial charge is 0.338 e. The molecule has 0 unspecified atom stereocenters. The molecule has 1 aliphatic heterocycles. The summed E-state index contributed by atoms with van der Waals surface area (Å²) in [6.45, 7) is 16.5. The number of aldehydes is 1. The number of esters is 2. The van der Waals surface area contributed by atoms with Gasteiger partial charge in [-0.3, -0.25) is 14.4 Å². The van der Waals surface area contributed by atoms with Crippen LogP contribution in [0.15, 0.2) is 64.2 Å². The number of carbonyl (C=O) groups excluding carboxylic acids is 5. The minimum absolute atomic E-state index is 0.141. The highest BCUT2D eigenvalue weighted by Gasteiger charge is 2.78. The molecule has 4 aliphatic rings. The van der Waals surface area contributed by atoms with Crippen molar-refractivity contribution in [2.75, 3.05) is 20.3 Å². The molecule has 12 nitrogen and oxygen atoms in total. The van der Waals surface area contributed by atoms with Crippen molar-refractivity contribution in [3.63, 3.8) is 0 Å². The molecule has 1 heterocycles. The van der Waals surface area contributed by atoms with E-state index in [0.29, 0.717) is 19.1 Å². The van der Waals surface area contributed by atoms with Gasteiger partial charge >= 0.3 is 11.9 Å². The number of halogens is 1. The van der Waals surface area contributed by atoms with Gasteiger partial charge in [0.15, 0.2) is 19.9 Å². The zero-order valence-corrected chi connectivity index (χ0v) is 36.4. The van der Waals surface area contributed by atoms with Crippen LogP contribution in [0, 0.1) is 22.7 Å². The molecule has 306 valence electrons. The first-order valence-corrected chi connectivity index (χ1v) is 22.6. The Morgan fingerprint density at radius 1 is 1.09 bits per heavy atom. The van der Waals surface area contributed by atoms with Gasteiger partial charge in [-0.15, -0.1) is 0 Å². The summed E-state index contributed by atoms with van der Waals surface area (Å²) in [6.07, 6.45) is -0.821. The van der Waals surface area contributed by atoms with Crippen LogP contribution >= 0.6 is 15.9 Å². The third-order valence-electron chi connectivity index (χ3n) is 13.3. The van der Waals surface area contributed by atoms with Crippen LogP contribution in [0.25, 0.3) is 0 Å². The first-order valence-electron chi connectivity index (χ1n) is 18.9. The Morgan fingerprint density at radius 3 is 2.25 bits per heavy atom. The Labute approximate surface area is 338 Å². The van der Waals surface area contributed by atoms with Gasteiger partial charge in [-0.05, 0) is 74.7 Å². The minimum Gasteiger partial charge on any atom is -0.466 e. The molecule has 1 aromatic carbocycles. The predicted molar refractivity (Wildman–Crippen MR) is 212 cm³/mol. The van der Waals surface area contributed by atoms with Crippen molar-refractivity contribution in [1.29, 1.82) is 0 Å². The summed E-state index contributed by atoms with van der Waals surface area (Å²) in [5.41, 5.74) is -6.48. The SMILES string of the molecule is COC(=O)/C=C/C(=C\C=O)CO[C@H]1C(=O)[C@]2(C)[C@@H](O[Si](C)(C)C(C)(C)C)CC[C@@]3(CO3)[C@H]2[C@H](OC(=O)c2ccccc2)[C@]2(O)[C@H](O)C(C(C)=O)=C(Br)[C@H]1C2(C)C. The van der Waals surface area contributed by atoms with E-state index in [-0.39, 0.29) is 39.4 Å². The van der Waals surface area contributed by atoms with Gasteiger partial charge in [-0.25, -0.2) is 9.59 Å². The molecule has 1 aromatic rings. The molecule has 2 N–H and O–H groups in total. The number of Topliss-reactive ketones (excluding diaryl/α,β-unsaturated/α-hetero) is 2. The molecular weight excluding hydrogens is 804 g/mol. The second kappa shape index (κ2) is 15.6. The third kappa shape index (κ3) is 7.28. The number of ether oxygens (including phenoxy) is 4. The lowest BCUT2D eigenvalue weighted by atomic mass is 9.45. The molecule has 2 saturated carbocycles. The van der Waals surface area contributed by atoms with Crippen molar-refractivity contribution < 1.29 is 57.6 Å². The lowest BCUT2D eigenvalue weighted by molar-refractivity contribution is -0.268. The van der Waals surface area contributed by atoms with Crippen molar-refractivity contribution in [3.8, 4) is 0 Å². The molecule has 0 amide bonds. The van der Waals surface area contributed by atoms with Crippen LogP contribution in [0.3, 0.4) is 0 Å². The Morgan fingerprint density at radius 2 is 1.71 bits per heavy atom. The number of fused-ring (bicyclic) bond motifs is 4. The average Bonchev–Trinajstić information content (AvgIpc) is 3.90. The first-order chi connectivity index (χ1) is 26.0. The molecular formula is C42H55BrO12Si. The van der Waals surface area contributed by atoms with E-state index in [1.807, 2.05) is 0 Å². The lowest BCUT2D eigenvalue weighted by Gasteiger charge is -2.64. The highest BCUT2D eigenvalue weighted by Crippen LogP contribution is 2.67. The standard InChI is InChI=1S/C42H55BrO12Si/c1-24(45)29-31(43)30-32(52-22-25(19-21-44)16-17-28(46)51-8)35(48)40(7)27(55-56(9,10)38(2,3)4)18-20-41(23-53-41)33(40)36(42(50,34(29)47)39(30,5)6)54-37(49)26-14-12-11-13-15-26/h11-17,19,21,27,30,32-34,36,47,50H,18,20,22-23H2,1-10H3/b17-16+,25-19+/t27-,30+,32+,33-,34+,36-,40+,41+,42+/m0/s1. The molecule has 3 aliphatic carbocycles. The highest BCUT2D eigenvalue weighted by molar-refractivity contribution is 9.11. The van der Waals surface area contributed by atoms with E-state index in [1.165, 1.54) is 26.2 Å². The fraction of sp³-hybridized carbons (Fsp3) is 0.595. The zero-order valence-electron chi connectivity index (χ0n) is 33.8. The summed E-state index contributed by atoms with van der Waals surface area (Å²) in [4.78, 5) is 67.6. The van der Waals surface area contributed by atoms with Crippen LogP contribution in [0.1, 0.15) is 71.7 Å². The second-order valence-corrected chi connectivity index (χ2v) is 23.4. The number of allylic oxidation sites excluding steroid dienone is 1. The van der Waals surface area contributed by atoms with Crippen LogP contribution < -0.4 is 0 Å². The molecule has 3 fully saturated rings. The predicted octanol–water partition coefficient (Wildman–Crippen LogP) is 5.60. The van der Waals surface area contributed by atoms with E-state index < -0.39 is 90.1 Å². The van der Waals surface area contributed by atoms with Gasteiger partial charge in [-0.2, -0.15) is 0 Å². The van der Waals surface area contributed by atoms with Crippen molar-refractivity contribution in [2.45, 2.75) is 115 Å². The summed E-state index contributed by atoms with van der Waals surface area (Å²) < 4.78 is 31.4. The topological polar surface area (TPSA) is 175 Å². The van der Waals surface area contributed by atoms with Gasteiger partial charge in [0, 0.05) is 33.4 Å². The van der Waals surface area contributed by atoms with Gasteiger partial charge in [0.2, 0.25) is 0 Å². The van der Waals surface area contributed by atoms with E-state index in [1.54, 1.807) is 51.1 Å². The van der Waals surface area contributed by atoms with E-state index in [0.717, 1.165) is 6.08 Å². The van der Waals surface area contributed by atoms with Crippen LogP contribution in [-0.4, -0.2) is 104 Å². The number of methoxy groups -OCH3 is 1. The number of benzene rings is 1. The molecule has 9 atom stereocenters. The number of hydrogen-bond acceptors (Lipinski definition) is 12. The maximum absolute atomic E-state index is 16.1. The molecule has 0 aromatic heterocycles. The van der Waals surface area contributed by atoms with Gasteiger partial charge in [0.1, 0.15) is 30.2 Å². The summed E-state index contributed by atoms with van der Waals surface area (Å²) in [6, 6.07) is 8.22. The van der Waals surface area contributed by atoms with Crippen molar-refractivity contribution in [2.24, 2.45) is 22.7 Å². The van der Waals surface area contributed by atoms with Gasteiger partial charge in [0.25, 0.3) is 0 Å². The van der Waals surface area contributed by atoms with Gasteiger partial charge in [0.05, 0.1) is 43.0 Å². The van der Waals surface area contributed by atoms with Gasteiger partial charge < -0.3 is 33.6 Å². The number of carbonyl (C=O) groups is 5. The molecule has 5 rings (SSSR count). The van der Waals surface area contributed by atoms with Crippen LogP contribution in [-0.2, 0) is 42.6 Å². The molecule has 1 spiro atoms. The Bertz CT molecular complexity index is 1840. The van der Waals surface area contributed by atoms with Gasteiger partial charge in [-0.1, -0.05) is 68.7 Å². The van der Waals surface area contributed by atoms with Crippen LogP contribution in [0.4, 0.5) is 0 Å². The second-order valence-electron chi connectivity index (χ2n) is 17.8. The quantitative estimate of drug-likeness (QED) is 0.0706. The Balaban J connectivity index is 1.83. The van der Waals surface area contributed by atoms with E-state index in [4.69, 9.17) is 23.4 Å². The molecule has 0 radical (unpaired) electrons. The van der Waals surface area contributed by atoms with Crippen molar-refractivity contribution in [3.05, 3.63) is 69.8 Å².